The standard InChI is InChI=1S/C31H37N5O3/c1-5-38-34-24-17-15-22(16-18-24)20-35(27-14-8-10-23-11-9-19-32-29(23)27)21-28-33-25-12-6-7-13-26(25)36(28)30(37)39-31(2,3)4/h6-7,9,11-13,15-17,19,27H,5,8,10,14,18,20-21H2,1-4H3. The van der Waals surface area contributed by atoms with Crippen LogP contribution in [-0.2, 0) is 22.5 Å². The summed E-state index contributed by atoms with van der Waals surface area (Å²) in [7, 11) is 0. The predicted octanol–water partition coefficient (Wildman–Crippen LogP) is 6.37. The maximum atomic E-state index is 13.4. The molecule has 2 heterocycles. The van der Waals surface area contributed by atoms with Crippen molar-refractivity contribution in [2.75, 3.05) is 13.2 Å². The second kappa shape index (κ2) is 11.5. The first-order chi connectivity index (χ1) is 18.8. The SMILES string of the molecule is CCON=C1C=CC(CN(Cc2nc3ccccc3n2C(=O)OC(C)(C)C)C2CCCc3cccnc32)=CC1. The van der Waals surface area contributed by atoms with Crippen LogP contribution >= 0.6 is 0 Å². The average Bonchev–Trinajstić information content (AvgIpc) is 3.29. The second-order valence-corrected chi connectivity index (χ2v) is 11.0. The topological polar surface area (TPSA) is 81.8 Å². The van der Waals surface area contributed by atoms with Crippen LogP contribution in [0.5, 0.6) is 0 Å². The Kier molecular flexibility index (Phi) is 7.93. The number of aryl methyl sites for hydroxylation is 1. The molecule has 2 aliphatic carbocycles. The third-order valence-corrected chi connectivity index (χ3v) is 6.92. The summed E-state index contributed by atoms with van der Waals surface area (Å²) in [5.41, 5.74) is 5.40. The minimum Gasteiger partial charge on any atom is -0.443 e. The number of hydrogen-bond acceptors (Lipinski definition) is 7. The molecular formula is C31H37N5O3. The normalized spacial score (nSPS) is 18.3. The van der Waals surface area contributed by atoms with Gasteiger partial charge >= 0.3 is 6.09 Å². The number of hydrogen-bond donors (Lipinski definition) is 0. The summed E-state index contributed by atoms with van der Waals surface area (Å²) in [5, 5.41) is 4.18. The molecule has 0 saturated heterocycles. The van der Waals surface area contributed by atoms with Crippen LogP contribution in [0.2, 0.25) is 0 Å². The molecule has 204 valence electrons. The highest BCUT2D eigenvalue weighted by Gasteiger charge is 2.31. The van der Waals surface area contributed by atoms with E-state index < -0.39 is 11.7 Å². The Morgan fingerprint density at radius 1 is 1.15 bits per heavy atom. The Morgan fingerprint density at radius 3 is 2.77 bits per heavy atom. The van der Waals surface area contributed by atoms with Gasteiger partial charge in [-0.15, -0.1) is 0 Å². The zero-order chi connectivity index (χ0) is 27.4. The number of oxime groups is 1. The number of ether oxygens (including phenoxy) is 1. The fraction of sp³-hybridized carbons (Fsp3) is 0.419. The van der Waals surface area contributed by atoms with Crippen molar-refractivity contribution in [3.63, 3.8) is 0 Å². The predicted molar refractivity (Wildman–Crippen MR) is 153 cm³/mol. The van der Waals surface area contributed by atoms with Gasteiger partial charge in [0.15, 0.2) is 0 Å². The van der Waals surface area contributed by atoms with Crippen LogP contribution in [0.1, 0.15) is 70.1 Å². The highest BCUT2D eigenvalue weighted by Crippen LogP contribution is 2.35. The Balaban J connectivity index is 1.51. The van der Waals surface area contributed by atoms with Gasteiger partial charge in [-0.25, -0.2) is 14.3 Å². The third kappa shape index (κ3) is 6.28. The van der Waals surface area contributed by atoms with Crippen LogP contribution in [0.3, 0.4) is 0 Å². The van der Waals surface area contributed by atoms with E-state index >= 15 is 0 Å². The van der Waals surface area contributed by atoms with E-state index in [0.29, 0.717) is 25.5 Å². The minimum atomic E-state index is -0.621. The van der Waals surface area contributed by atoms with Crippen LogP contribution < -0.4 is 0 Å². The van der Waals surface area contributed by atoms with E-state index in [1.807, 2.05) is 70.3 Å². The van der Waals surface area contributed by atoms with Crippen LogP contribution in [0.4, 0.5) is 4.79 Å². The van der Waals surface area contributed by atoms with E-state index in [0.717, 1.165) is 48.1 Å². The van der Waals surface area contributed by atoms with Gasteiger partial charge in [0.05, 0.1) is 35.0 Å². The zero-order valence-electron chi connectivity index (χ0n) is 23.3. The summed E-state index contributed by atoms with van der Waals surface area (Å²) in [6.45, 7) is 9.28. The molecule has 0 N–H and O–H groups in total. The van der Waals surface area contributed by atoms with Crippen molar-refractivity contribution in [2.45, 2.75) is 71.6 Å². The van der Waals surface area contributed by atoms with E-state index in [-0.39, 0.29) is 6.04 Å². The van der Waals surface area contributed by atoms with Gasteiger partial charge in [-0.3, -0.25) is 9.88 Å². The number of nitrogens with zero attached hydrogens (tertiary/aromatic N) is 5. The minimum absolute atomic E-state index is 0.106. The number of imidazole rings is 1. The third-order valence-electron chi connectivity index (χ3n) is 6.92. The molecule has 8 nitrogen and oxygen atoms in total. The summed E-state index contributed by atoms with van der Waals surface area (Å²) < 4.78 is 7.45. The summed E-state index contributed by atoms with van der Waals surface area (Å²) in [5.74, 6) is 0.660. The molecule has 0 saturated carbocycles. The Hall–Kier alpha value is -3.78. The van der Waals surface area contributed by atoms with Crippen molar-refractivity contribution in [1.29, 1.82) is 0 Å². The smallest absolute Gasteiger partial charge is 0.420 e. The Bertz CT molecular complexity index is 1430. The van der Waals surface area contributed by atoms with Crippen molar-refractivity contribution in [3.05, 3.63) is 83.5 Å². The van der Waals surface area contributed by atoms with Crippen molar-refractivity contribution in [2.24, 2.45) is 5.16 Å². The average molecular weight is 528 g/mol. The molecule has 2 aromatic heterocycles. The molecule has 0 aliphatic heterocycles. The van der Waals surface area contributed by atoms with Crippen LogP contribution in [0.15, 0.2) is 71.6 Å². The van der Waals surface area contributed by atoms with E-state index in [1.165, 1.54) is 11.1 Å². The molecular weight excluding hydrogens is 490 g/mol. The fourth-order valence-electron chi connectivity index (χ4n) is 5.23. The summed E-state index contributed by atoms with van der Waals surface area (Å²) in [6.07, 6.45) is 11.6. The van der Waals surface area contributed by atoms with Crippen molar-refractivity contribution in [3.8, 4) is 0 Å². The summed E-state index contributed by atoms with van der Waals surface area (Å²) >= 11 is 0. The number of fused-ring (bicyclic) bond motifs is 2. The Labute approximate surface area is 230 Å². The number of para-hydroxylation sites is 2. The van der Waals surface area contributed by atoms with Crippen molar-refractivity contribution in [1.82, 2.24) is 19.4 Å². The van der Waals surface area contributed by atoms with E-state index in [4.69, 9.17) is 19.5 Å². The monoisotopic (exact) mass is 527 g/mol. The zero-order valence-corrected chi connectivity index (χ0v) is 23.3. The fourth-order valence-corrected chi connectivity index (χ4v) is 5.23. The van der Waals surface area contributed by atoms with Gasteiger partial charge in [0, 0.05) is 19.2 Å². The molecule has 5 rings (SSSR count). The van der Waals surface area contributed by atoms with E-state index in [1.54, 1.807) is 4.57 Å². The van der Waals surface area contributed by atoms with Crippen LogP contribution in [0.25, 0.3) is 11.0 Å². The molecule has 2 aliphatic rings. The number of carbonyl (C=O) groups is 1. The van der Waals surface area contributed by atoms with E-state index in [9.17, 15) is 4.79 Å². The molecule has 0 fully saturated rings. The van der Waals surface area contributed by atoms with Gasteiger partial charge in [0.25, 0.3) is 0 Å². The lowest BCUT2D eigenvalue weighted by Gasteiger charge is -2.35. The molecule has 0 amide bonds. The maximum Gasteiger partial charge on any atom is 0.420 e. The number of rotatable bonds is 7. The number of carbonyl (C=O) groups excluding carboxylic acids is 1. The first-order valence-electron chi connectivity index (χ1n) is 13.8. The molecule has 39 heavy (non-hydrogen) atoms. The van der Waals surface area contributed by atoms with E-state index in [2.05, 4.69) is 28.3 Å². The summed E-state index contributed by atoms with van der Waals surface area (Å²) in [6, 6.07) is 12.0. The quantitative estimate of drug-likeness (QED) is 0.332. The lowest BCUT2D eigenvalue weighted by molar-refractivity contribution is 0.0532. The molecule has 1 atom stereocenters. The molecule has 0 spiro atoms. The molecule has 0 bridgehead atoms. The Morgan fingerprint density at radius 2 is 2.00 bits per heavy atom. The first kappa shape index (κ1) is 26.8. The lowest BCUT2D eigenvalue weighted by atomic mass is 9.90. The van der Waals surface area contributed by atoms with Gasteiger partial charge in [-0.1, -0.05) is 35.5 Å². The van der Waals surface area contributed by atoms with Gasteiger partial charge in [-0.2, -0.15) is 0 Å². The molecule has 0 radical (unpaired) electrons. The first-order valence-corrected chi connectivity index (χ1v) is 13.8. The number of aromatic nitrogens is 3. The number of pyridine rings is 1. The second-order valence-electron chi connectivity index (χ2n) is 11.0. The molecule has 1 aromatic carbocycles. The van der Waals surface area contributed by atoms with Crippen molar-refractivity contribution >= 4 is 22.8 Å². The van der Waals surface area contributed by atoms with Gasteiger partial charge in [0.1, 0.15) is 18.0 Å². The molecule has 8 heteroatoms. The molecule has 3 aromatic rings. The highest BCUT2D eigenvalue weighted by molar-refractivity contribution is 5.97. The maximum absolute atomic E-state index is 13.4. The lowest BCUT2D eigenvalue weighted by Crippen LogP contribution is -2.35. The van der Waals surface area contributed by atoms with Crippen LogP contribution in [-0.4, -0.2) is 50.0 Å². The largest absolute Gasteiger partial charge is 0.443 e. The number of allylic oxidation sites excluding steroid dienone is 2. The van der Waals surface area contributed by atoms with Gasteiger partial charge in [-0.05, 0) is 82.4 Å². The van der Waals surface area contributed by atoms with Crippen LogP contribution in [0, 0.1) is 0 Å². The molecule has 1 unspecified atom stereocenters. The van der Waals surface area contributed by atoms with Crippen molar-refractivity contribution < 1.29 is 14.4 Å². The van der Waals surface area contributed by atoms with Gasteiger partial charge < -0.3 is 9.57 Å². The number of benzene rings is 1. The highest BCUT2D eigenvalue weighted by atomic mass is 16.6. The van der Waals surface area contributed by atoms with Gasteiger partial charge in [0.2, 0.25) is 0 Å². The summed E-state index contributed by atoms with van der Waals surface area (Å²) in [4.78, 5) is 30.8.